The number of nitrogens with zero attached hydrogens (tertiary/aromatic N) is 1. The van der Waals surface area contributed by atoms with Crippen molar-refractivity contribution in [2.45, 2.75) is 148 Å². The van der Waals surface area contributed by atoms with Gasteiger partial charge in [-0.1, -0.05) is 109 Å². The molecular formula is C30H59ClN2O. The molecule has 4 heteroatoms. The van der Waals surface area contributed by atoms with Crippen LogP contribution in [0.5, 0.6) is 0 Å². The van der Waals surface area contributed by atoms with Gasteiger partial charge in [-0.2, -0.15) is 0 Å². The highest BCUT2D eigenvalue weighted by Gasteiger charge is 2.18. The van der Waals surface area contributed by atoms with Crippen LogP contribution in [0, 0.1) is 0 Å². The maximum absolute atomic E-state index is 12.5. The molecule has 0 fully saturated rings. The molecule has 0 aliphatic heterocycles. The van der Waals surface area contributed by atoms with Crippen LogP contribution in [0.3, 0.4) is 0 Å². The zero-order chi connectivity index (χ0) is 24.6. The van der Waals surface area contributed by atoms with Gasteiger partial charge in [0.2, 0.25) is 0 Å². The van der Waals surface area contributed by atoms with Crippen molar-refractivity contribution in [2.75, 3.05) is 14.1 Å². The lowest BCUT2D eigenvalue weighted by Gasteiger charge is -2.27. The van der Waals surface area contributed by atoms with Crippen LogP contribution in [0.25, 0.3) is 0 Å². The van der Waals surface area contributed by atoms with Crippen molar-refractivity contribution in [3.8, 4) is 0 Å². The number of hydrogen-bond donors (Lipinski definition) is 1. The van der Waals surface area contributed by atoms with Crippen LogP contribution in [0.1, 0.15) is 136 Å². The zero-order valence-corrected chi connectivity index (χ0v) is 24.1. The minimum atomic E-state index is -0.220. The van der Waals surface area contributed by atoms with Gasteiger partial charge in [0.05, 0.1) is 12.2 Å². The quantitative estimate of drug-likeness (QED) is 0.0773. The molecule has 0 rings (SSSR count). The molecule has 202 valence electrons. The van der Waals surface area contributed by atoms with Crippen molar-refractivity contribution in [1.29, 1.82) is 0 Å². The fourth-order valence-electron chi connectivity index (χ4n) is 4.36. The maximum Gasteiger partial charge on any atom is 0.153 e. The molecule has 0 bridgehead atoms. The summed E-state index contributed by atoms with van der Waals surface area (Å²) in [5.74, 6) is 0.284. The van der Waals surface area contributed by atoms with E-state index in [0.717, 1.165) is 12.8 Å². The number of halogens is 1. The van der Waals surface area contributed by atoms with Crippen molar-refractivity contribution in [1.82, 2.24) is 10.2 Å². The summed E-state index contributed by atoms with van der Waals surface area (Å²) in [7, 11) is 4.09. The van der Waals surface area contributed by atoms with Gasteiger partial charge in [-0.05, 0) is 52.6 Å². The molecule has 0 aromatic heterocycles. The van der Waals surface area contributed by atoms with Gasteiger partial charge >= 0.3 is 0 Å². The Morgan fingerprint density at radius 3 is 1.62 bits per heavy atom. The lowest BCUT2D eigenvalue weighted by molar-refractivity contribution is -0.120. The average Bonchev–Trinajstić information content (AvgIpc) is 2.81. The first-order valence-corrected chi connectivity index (χ1v) is 14.3. The molecule has 3 nitrogen and oxygen atoms in total. The van der Waals surface area contributed by atoms with E-state index < -0.39 is 0 Å². The topological polar surface area (TPSA) is 32.3 Å². The van der Waals surface area contributed by atoms with E-state index in [1.54, 1.807) is 6.08 Å². The van der Waals surface area contributed by atoms with Crippen LogP contribution in [-0.4, -0.2) is 37.0 Å². The minimum Gasteiger partial charge on any atom is -0.298 e. The van der Waals surface area contributed by atoms with Crippen molar-refractivity contribution in [3.05, 3.63) is 24.8 Å². The first kappa shape index (κ1) is 35.5. The van der Waals surface area contributed by atoms with Crippen molar-refractivity contribution in [3.63, 3.8) is 0 Å². The summed E-state index contributed by atoms with van der Waals surface area (Å²) in [6.45, 7) is 8.27. The summed E-state index contributed by atoms with van der Waals surface area (Å²) in [6.07, 6.45) is 30.9. The number of carbonyl (C=O) groups is 1. The third kappa shape index (κ3) is 21.9. The Kier molecular flexibility index (Phi) is 28.2. The Labute approximate surface area is 220 Å². The third-order valence-corrected chi connectivity index (χ3v) is 6.65. The number of ketones is 1. The van der Waals surface area contributed by atoms with Gasteiger partial charge in [-0.25, -0.2) is 0 Å². The summed E-state index contributed by atoms with van der Waals surface area (Å²) in [5, 5.41) is 3.42. The van der Waals surface area contributed by atoms with Crippen LogP contribution in [0.2, 0.25) is 0 Å². The number of unbranched alkanes of at least 4 members (excludes halogenated alkanes) is 15. The van der Waals surface area contributed by atoms with Crippen molar-refractivity contribution in [2.24, 2.45) is 0 Å². The van der Waals surface area contributed by atoms with E-state index in [9.17, 15) is 4.79 Å². The predicted octanol–water partition coefficient (Wildman–Crippen LogP) is 9.02. The Bertz CT molecular complexity index is 478. The second-order valence-corrected chi connectivity index (χ2v) is 9.98. The molecule has 0 aromatic carbocycles. The van der Waals surface area contributed by atoms with Crippen LogP contribution in [0.15, 0.2) is 24.8 Å². The summed E-state index contributed by atoms with van der Waals surface area (Å²) >= 11 is 0. The summed E-state index contributed by atoms with van der Waals surface area (Å²) in [5.41, 5.74) is 0. The molecule has 0 saturated carbocycles. The molecule has 0 aliphatic carbocycles. The molecule has 0 saturated heterocycles. The molecule has 0 aromatic rings. The largest absolute Gasteiger partial charge is 0.298 e. The van der Waals surface area contributed by atoms with Crippen LogP contribution in [0.4, 0.5) is 0 Å². The molecule has 0 heterocycles. The highest BCUT2D eigenvalue weighted by atomic mass is 35.5. The minimum absolute atomic E-state index is 0. The average molecular weight is 499 g/mol. The standard InChI is InChI=1S/C30H58N2O.ClH/c1-6-9-10-11-12-13-14-15-16-17-18-19-20-21-22-23-24-25-26-27-29(33)28(7-2)31-30(8-3)32(4)5;/h7,15-16,28,30-31H,2,6,8-14,17-27H2,1,3-5H3;1H. The van der Waals surface area contributed by atoms with Gasteiger partial charge in [0.1, 0.15) is 0 Å². The van der Waals surface area contributed by atoms with E-state index >= 15 is 0 Å². The fraction of sp³-hybridized carbons (Fsp3) is 0.833. The van der Waals surface area contributed by atoms with E-state index in [0.29, 0.717) is 6.42 Å². The highest BCUT2D eigenvalue weighted by Crippen LogP contribution is 2.13. The van der Waals surface area contributed by atoms with E-state index in [-0.39, 0.29) is 30.4 Å². The Morgan fingerprint density at radius 2 is 1.21 bits per heavy atom. The van der Waals surface area contributed by atoms with Gasteiger partial charge in [0.25, 0.3) is 0 Å². The Hall–Kier alpha value is -0.640. The number of Topliss-reactive ketones (excluding diaryl/α,β-unsaturated/α-hetero) is 1. The first-order valence-electron chi connectivity index (χ1n) is 14.3. The SMILES string of the molecule is C=CC(NC(CC)N(C)C)C(=O)CCCCCCCCCCCC=CCCCCCCCC.Cl. The number of hydrogen-bond acceptors (Lipinski definition) is 3. The fourth-order valence-corrected chi connectivity index (χ4v) is 4.36. The van der Waals surface area contributed by atoms with Gasteiger partial charge in [0.15, 0.2) is 5.78 Å². The second-order valence-electron chi connectivity index (χ2n) is 9.98. The molecule has 0 radical (unpaired) electrons. The lowest BCUT2D eigenvalue weighted by atomic mass is 10.0. The number of nitrogens with one attached hydrogen (secondary N) is 1. The highest BCUT2D eigenvalue weighted by molar-refractivity contribution is 5.86. The summed E-state index contributed by atoms with van der Waals surface area (Å²) < 4.78 is 0. The van der Waals surface area contributed by atoms with E-state index in [2.05, 4.69) is 42.8 Å². The van der Waals surface area contributed by atoms with Crippen LogP contribution < -0.4 is 5.32 Å². The second kappa shape index (κ2) is 27.0. The van der Waals surface area contributed by atoms with E-state index in [1.807, 2.05) is 14.1 Å². The van der Waals surface area contributed by atoms with E-state index in [1.165, 1.54) is 103 Å². The van der Waals surface area contributed by atoms with Gasteiger partial charge < -0.3 is 0 Å². The predicted molar refractivity (Wildman–Crippen MR) is 155 cm³/mol. The molecule has 2 atom stereocenters. The molecule has 1 N–H and O–H groups in total. The number of allylic oxidation sites excluding steroid dienone is 2. The lowest BCUT2D eigenvalue weighted by Crippen LogP contribution is -2.48. The van der Waals surface area contributed by atoms with Crippen LogP contribution in [-0.2, 0) is 4.79 Å². The molecule has 0 amide bonds. The molecule has 0 spiro atoms. The van der Waals surface area contributed by atoms with Gasteiger partial charge in [0, 0.05) is 6.42 Å². The summed E-state index contributed by atoms with van der Waals surface area (Å²) in [6, 6.07) is -0.220. The maximum atomic E-state index is 12.5. The zero-order valence-electron chi connectivity index (χ0n) is 23.3. The Balaban J connectivity index is 0. The summed E-state index contributed by atoms with van der Waals surface area (Å²) in [4.78, 5) is 14.6. The van der Waals surface area contributed by atoms with Crippen molar-refractivity contribution >= 4 is 18.2 Å². The molecule has 34 heavy (non-hydrogen) atoms. The Morgan fingerprint density at radius 1 is 0.765 bits per heavy atom. The normalized spacial score (nSPS) is 13.2. The molecular weight excluding hydrogens is 440 g/mol. The van der Waals surface area contributed by atoms with Crippen LogP contribution >= 0.6 is 12.4 Å². The third-order valence-electron chi connectivity index (χ3n) is 6.65. The van der Waals surface area contributed by atoms with Gasteiger partial charge in [-0.3, -0.25) is 15.0 Å². The monoisotopic (exact) mass is 498 g/mol. The first-order chi connectivity index (χ1) is 16.1. The molecule has 0 aliphatic rings. The number of carbonyl (C=O) groups excluding carboxylic acids is 1. The number of rotatable bonds is 25. The van der Waals surface area contributed by atoms with Gasteiger partial charge in [-0.15, -0.1) is 19.0 Å². The smallest absolute Gasteiger partial charge is 0.153 e. The van der Waals surface area contributed by atoms with E-state index in [4.69, 9.17) is 0 Å². The molecule has 2 unspecified atom stereocenters. The van der Waals surface area contributed by atoms with Crippen molar-refractivity contribution < 1.29 is 4.79 Å².